The van der Waals surface area contributed by atoms with Crippen LogP contribution in [0.15, 0.2) is 24.3 Å². The zero-order valence-electron chi connectivity index (χ0n) is 62.2. The van der Waals surface area contributed by atoms with Gasteiger partial charge in [-0.05, 0) is 99.3 Å². The normalized spacial score (nSPS) is 12.1. The van der Waals surface area contributed by atoms with Gasteiger partial charge in [-0.3, -0.25) is 33.8 Å². The van der Waals surface area contributed by atoms with E-state index in [9.17, 15) is 33.6 Å². The maximum Gasteiger partial charge on any atom is 0.410 e. The molecule has 97 heavy (non-hydrogen) atoms. The van der Waals surface area contributed by atoms with E-state index >= 15 is 0 Å². The van der Waals surface area contributed by atoms with Gasteiger partial charge in [-0.25, -0.2) is 9.59 Å². The third-order valence-electron chi connectivity index (χ3n) is 14.9. The van der Waals surface area contributed by atoms with E-state index in [2.05, 4.69) is 32.9 Å². The van der Waals surface area contributed by atoms with Gasteiger partial charge >= 0.3 is 36.1 Å². The van der Waals surface area contributed by atoms with Crippen LogP contribution in [-0.2, 0) is 85.6 Å². The van der Waals surface area contributed by atoms with Gasteiger partial charge < -0.3 is 66.5 Å². The predicted molar refractivity (Wildman–Crippen MR) is 376 cm³/mol. The van der Waals surface area contributed by atoms with E-state index in [0.717, 1.165) is 113 Å². The second-order valence-corrected chi connectivity index (χ2v) is 26.3. The Morgan fingerprint density at radius 2 is 0.742 bits per heavy atom. The monoisotopic (exact) mass is 1390 g/mol. The number of carbonyl (C=O) groups is 7. The van der Waals surface area contributed by atoms with Gasteiger partial charge in [-0.15, -0.1) is 0 Å². The minimum atomic E-state index is -0.868. The van der Waals surface area contributed by atoms with Crippen LogP contribution in [0, 0.1) is 0 Å². The molecule has 0 aromatic rings. The molecule has 0 spiro atoms. The van der Waals surface area contributed by atoms with Gasteiger partial charge in [0.2, 0.25) is 0 Å². The lowest BCUT2D eigenvalue weighted by Gasteiger charge is -2.28. The Kier molecular flexibility index (Phi) is 61.2. The Morgan fingerprint density at radius 1 is 0.351 bits per heavy atom. The summed E-state index contributed by atoms with van der Waals surface area (Å²) in [6, 6.07) is 0. The quantitative estimate of drug-likeness (QED) is 0.0237. The van der Waals surface area contributed by atoms with Crippen molar-refractivity contribution >= 4 is 42.0 Å². The van der Waals surface area contributed by atoms with Crippen molar-refractivity contribution in [2.75, 3.05) is 152 Å². The van der Waals surface area contributed by atoms with Crippen molar-refractivity contribution in [2.45, 2.75) is 259 Å². The third kappa shape index (κ3) is 61.9. The van der Waals surface area contributed by atoms with Crippen LogP contribution in [0.3, 0.4) is 0 Å². The minimum Gasteiger partial charge on any atom is -0.462 e. The first kappa shape index (κ1) is 92.1. The second kappa shape index (κ2) is 64.5. The molecule has 3 amide bonds. The number of hydrogen-bond acceptors (Lipinski definition) is 20. The van der Waals surface area contributed by atoms with Crippen molar-refractivity contribution in [3.05, 3.63) is 24.3 Å². The second-order valence-electron chi connectivity index (χ2n) is 26.3. The molecule has 0 rings (SSSR count). The highest BCUT2D eigenvalue weighted by atomic mass is 16.6. The van der Waals surface area contributed by atoms with E-state index in [1.54, 1.807) is 41.5 Å². The molecule has 1 atom stereocenters. The fraction of sp³-hybridized carbons (Fsp3) is 0.851. The molecule has 23 nitrogen and oxygen atoms in total. The number of nitrogens with zero attached hydrogens (tertiary/aromatic N) is 3. The molecule has 0 aromatic carbocycles. The molecule has 23 heteroatoms. The molecular formula is C74H135N3O20. The average Bonchev–Trinajstić information content (AvgIpc) is 1.09. The van der Waals surface area contributed by atoms with E-state index in [1.165, 1.54) is 71.3 Å². The Morgan fingerprint density at radius 3 is 1.22 bits per heavy atom. The van der Waals surface area contributed by atoms with Crippen molar-refractivity contribution in [3.63, 3.8) is 0 Å². The van der Waals surface area contributed by atoms with Gasteiger partial charge in [0, 0.05) is 52.8 Å². The van der Waals surface area contributed by atoms with Crippen LogP contribution in [0.5, 0.6) is 0 Å². The molecule has 0 aliphatic rings. The lowest BCUT2D eigenvalue weighted by Crippen LogP contribution is -2.45. The highest BCUT2D eigenvalue weighted by Gasteiger charge is 2.28. The fourth-order valence-electron chi connectivity index (χ4n) is 9.45. The lowest BCUT2D eigenvalue weighted by molar-refractivity contribution is -0.149. The minimum absolute atomic E-state index is 0.0797. The van der Waals surface area contributed by atoms with Crippen molar-refractivity contribution in [3.8, 4) is 0 Å². The molecular weight excluding hydrogens is 1250 g/mol. The van der Waals surface area contributed by atoms with E-state index in [-0.39, 0.29) is 77.2 Å². The van der Waals surface area contributed by atoms with Gasteiger partial charge in [-0.2, -0.15) is 0 Å². The molecule has 0 fully saturated rings. The zero-order chi connectivity index (χ0) is 71.7. The average molecular weight is 1390 g/mol. The smallest absolute Gasteiger partial charge is 0.410 e. The number of esters is 4. The lowest BCUT2D eigenvalue weighted by atomic mass is 10.1. The summed E-state index contributed by atoms with van der Waals surface area (Å²) in [6.45, 7) is 20.5. The maximum atomic E-state index is 14.4. The molecule has 0 heterocycles. The number of carbonyl (C=O) groups excluding carboxylic acids is 7. The van der Waals surface area contributed by atoms with Crippen LogP contribution in [0.2, 0.25) is 0 Å². The summed E-state index contributed by atoms with van der Waals surface area (Å²) in [5, 5.41) is 0. The molecule has 0 saturated heterocycles. The number of methoxy groups -OCH3 is 1. The molecule has 566 valence electrons. The largest absolute Gasteiger partial charge is 0.462 e. The van der Waals surface area contributed by atoms with Crippen LogP contribution in [-0.4, -0.2) is 226 Å². The fourth-order valence-corrected chi connectivity index (χ4v) is 9.45. The summed E-state index contributed by atoms with van der Waals surface area (Å²) in [7, 11) is 1.47. The van der Waals surface area contributed by atoms with E-state index < -0.39 is 54.5 Å². The van der Waals surface area contributed by atoms with Crippen LogP contribution in [0.25, 0.3) is 0 Å². The molecule has 1 unspecified atom stereocenters. The first-order chi connectivity index (χ1) is 46.8. The van der Waals surface area contributed by atoms with Gasteiger partial charge in [0.15, 0.2) is 6.10 Å². The first-order valence-electron chi connectivity index (χ1n) is 36.9. The topological polar surface area (TPSA) is 249 Å². The summed E-state index contributed by atoms with van der Waals surface area (Å²) in [5.41, 5.74) is -1.65. The van der Waals surface area contributed by atoms with Gasteiger partial charge in [0.1, 0.15) is 50.7 Å². The van der Waals surface area contributed by atoms with Gasteiger partial charge in [0.05, 0.1) is 72.6 Å². The molecule has 0 saturated carbocycles. The predicted octanol–water partition coefficient (Wildman–Crippen LogP) is 13.7. The molecule has 0 aliphatic carbocycles. The van der Waals surface area contributed by atoms with E-state index in [4.69, 9.17) is 61.6 Å². The third-order valence-corrected chi connectivity index (χ3v) is 14.9. The van der Waals surface area contributed by atoms with Crippen LogP contribution in [0.1, 0.15) is 242 Å². The van der Waals surface area contributed by atoms with Crippen molar-refractivity contribution in [1.82, 2.24) is 14.7 Å². The maximum absolute atomic E-state index is 14.4. The number of hydrogen-bond donors (Lipinski definition) is 0. The van der Waals surface area contributed by atoms with E-state index in [1.807, 2.05) is 17.1 Å². The summed E-state index contributed by atoms with van der Waals surface area (Å²) in [6.07, 6.45) is 33.8. The van der Waals surface area contributed by atoms with Gasteiger partial charge in [0.25, 0.3) is 5.91 Å². The number of unbranched alkanes of at least 4 members (excludes halogenated alkanes) is 21. The number of amides is 3. The molecule has 0 aromatic heterocycles. The zero-order valence-corrected chi connectivity index (χ0v) is 62.2. The Labute approximate surface area is 585 Å². The van der Waals surface area contributed by atoms with Gasteiger partial charge in [-0.1, -0.05) is 154 Å². The molecule has 0 aliphatic heterocycles. The standard InChI is InChI=1S/C74H135N3O20/c1-11-14-17-20-23-31-39-49-92-66(78)41-34-27-25-30-37-47-90-64-65(91-48-38-33-26-28-35-42-67(79)93-50-40-32-24-21-18-15-12-2)70(82)75(43-36-29-22-19-16-13-3)45-52-86-54-55-87-56-57-88-58-59-89-60-61-95-69(81)63-77(72(84)97-74(7,8)9)46-53-94-68(80)62-76(44-51-85-10)71(83)96-73(4,5)6/h31-32,39-40,65H,11-30,33-38,41-64H2,1-10H3/b39-31-,40-32-. The first-order valence-corrected chi connectivity index (χ1v) is 36.9. The number of allylic oxidation sites excluding steroid dienone is 2. The number of ether oxygens (including phenoxy) is 13. The highest BCUT2D eigenvalue weighted by molar-refractivity contribution is 5.81. The summed E-state index contributed by atoms with van der Waals surface area (Å²) >= 11 is 0. The highest BCUT2D eigenvalue weighted by Crippen LogP contribution is 2.16. The van der Waals surface area contributed by atoms with Crippen LogP contribution >= 0.6 is 0 Å². The van der Waals surface area contributed by atoms with Crippen molar-refractivity contribution < 1.29 is 95.1 Å². The Bertz CT molecular complexity index is 2010. The van der Waals surface area contributed by atoms with Crippen LogP contribution < -0.4 is 0 Å². The SMILES string of the molecule is CCCCCC/C=C\COC(=O)CCCCCCCOCC(OCCCCCCCC(=O)OC/C=C\CCCCCC)C(=O)N(CCCCCCCC)CCOCCOCCOCCOCCOC(=O)CN(CCOC(=O)CN(CCOC)C(=O)OC(C)(C)C)C(=O)OC(C)(C)C. The molecule has 0 radical (unpaired) electrons. The van der Waals surface area contributed by atoms with Crippen molar-refractivity contribution in [2.24, 2.45) is 0 Å². The summed E-state index contributed by atoms with van der Waals surface area (Å²) in [4.78, 5) is 94.1. The Hall–Kier alpha value is -4.91. The molecule has 0 bridgehead atoms. The summed E-state index contributed by atoms with van der Waals surface area (Å²) in [5.74, 6) is -1.89. The van der Waals surface area contributed by atoms with E-state index in [0.29, 0.717) is 85.4 Å². The van der Waals surface area contributed by atoms with Crippen molar-refractivity contribution in [1.29, 1.82) is 0 Å². The summed E-state index contributed by atoms with van der Waals surface area (Å²) < 4.78 is 72.7. The molecule has 0 N–H and O–H groups in total. The Balaban J connectivity index is 5.09. The number of rotatable bonds is 66. The van der Waals surface area contributed by atoms with Crippen LogP contribution in [0.4, 0.5) is 9.59 Å².